The summed E-state index contributed by atoms with van der Waals surface area (Å²) in [4.78, 5) is 14.8. The molecular weight excluding hydrogens is 471 g/mol. The van der Waals surface area contributed by atoms with Crippen LogP contribution >= 0.6 is 0 Å². The minimum absolute atomic E-state index is 0.150. The van der Waals surface area contributed by atoms with Crippen LogP contribution in [0, 0.1) is 0 Å². The predicted molar refractivity (Wildman–Crippen MR) is 152 cm³/mol. The van der Waals surface area contributed by atoms with Crippen molar-refractivity contribution in [3.63, 3.8) is 0 Å². The van der Waals surface area contributed by atoms with Crippen LogP contribution in [0.2, 0.25) is 0 Å². The van der Waals surface area contributed by atoms with Crippen molar-refractivity contribution >= 4 is 17.6 Å². The van der Waals surface area contributed by atoms with E-state index in [1.807, 2.05) is 68.5 Å². The zero-order valence-electron chi connectivity index (χ0n) is 21.9. The van der Waals surface area contributed by atoms with Crippen molar-refractivity contribution in [2.45, 2.75) is 40.0 Å². The van der Waals surface area contributed by atoms with Gasteiger partial charge in [-0.2, -0.15) is 0 Å². The molecule has 0 amide bonds. The third-order valence-corrected chi connectivity index (χ3v) is 4.34. The first-order valence-corrected chi connectivity index (χ1v) is 12.2. The first-order chi connectivity index (χ1) is 18.0. The van der Waals surface area contributed by atoms with Gasteiger partial charge in [-0.1, -0.05) is 81.5 Å². The molecule has 0 bridgehead atoms. The molecule has 3 N–H and O–H groups in total. The van der Waals surface area contributed by atoms with Crippen molar-refractivity contribution in [3.05, 3.63) is 109 Å². The summed E-state index contributed by atoms with van der Waals surface area (Å²) in [6.07, 6.45) is 19.4. The molecule has 200 valence electrons. The highest BCUT2D eigenvalue weighted by Gasteiger charge is 2.06. The molecule has 0 atom stereocenters. The second kappa shape index (κ2) is 22.3. The van der Waals surface area contributed by atoms with Gasteiger partial charge >= 0.3 is 5.97 Å². The van der Waals surface area contributed by atoms with Gasteiger partial charge in [0.15, 0.2) is 0 Å². The molecule has 6 nitrogen and oxygen atoms in total. The van der Waals surface area contributed by atoms with Crippen LogP contribution < -0.4 is 5.32 Å². The summed E-state index contributed by atoms with van der Waals surface area (Å²) in [6, 6.07) is 7.38. The number of ether oxygens (including phenoxy) is 1. The van der Waals surface area contributed by atoms with E-state index < -0.39 is 5.97 Å². The van der Waals surface area contributed by atoms with Crippen molar-refractivity contribution in [1.29, 1.82) is 0 Å². The van der Waals surface area contributed by atoms with Crippen molar-refractivity contribution < 1.29 is 24.1 Å². The lowest BCUT2D eigenvalue weighted by Crippen LogP contribution is -2.25. The summed E-state index contributed by atoms with van der Waals surface area (Å²) >= 11 is 0. The lowest BCUT2D eigenvalue weighted by molar-refractivity contribution is -0.136. The number of halogens is 1. The lowest BCUT2D eigenvalue weighted by atomic mass is 10.0. The Bertz CT molecular complexity index is 1020. The van der Waals surface area contributed by atoms with Gasteiger partial charge in [0.05, 0.1) is 25.6 Å². The number of hydrogen-bond donors (Lipinski definition) is 3. The van der Waals surface area contributed by atoms with Crippen LogP contribution in [0.4, 0.5) is 4.39 Å². The van der Waals surface area contributed by atoms with E-state index in [0.717, 1.165) is 23.1 Å². The first kappa shape index (κ1) is 32.9. The number of nitrogens with zero attached hydrogens (tertiary/aromatic N) is 1. The Morgan fingerprint density at radius 3 is 2.59 bits per heavy atom. The second-order valence-corrected chi connectivity index (χ2v) is 7.06. The largest absolute Gasteiger partial charge is 0.507 e. The van der Waals surface area contributed by atoms with E-state index in [9.17, 15) is 14.3 Å². The minimum Gasteiger partial charge on any atom is -0.507 e. The predicted octanol–water partition coefficient (Wildman–Crippen LogP) is 7.26. The number of phenols is 1. The number of nitrogens with one attached hydrogen (secondary N) is 1. The van der Waals surface area contributed by atoms with Gasteiger partial charge in [0.2, 0.25) is 0 Å². The Hall–Kier alpha value is -4.13. The molecule has 0 saturated heterocycles. The highest BCUT2D eigenvalue weighted by molar-refractivity contribution is 5.75. The molecule has 1 aliphatic rings. The van der Waals surface area contributed by atoms with E-state index in [2.05, 4.69) is 23.8 Å². The third-order valence-electron chi connectivity index (χ3n) is 4.34. The molecule has 37 heavy (non-hydrogen) atoms. The highest BCUT2D eigenvalue weighted by Crippen LogP contribution is 2.29. The summed E-state index contributed by atoms with van der Waals surface area (Å²) in [6.45, 7) is 10.0. The van der Waals surface area contributed by atoms with Crippen LogP contribution in [0.15, 0.2) is 109 Å². The normalized spacial score (nSPS) is 13.1. The molecule has 2 rings (SSSR count). The number of hydrogen-bond acceptors (Lipinski definition) is 4. The number of phenolic OH excluding ortho intramolecular Hbond substituents is 1. The van der Waals surface area contributed by atoms with E-state index in [0.29, 0.717) is 19.3 Å². The summed E-state index contributed by atoms with van der Waals surface area (Å²) < 4.78 is 17.4. The second-order valence-electron chi connectivity index (χ2n) is 7.06. The van der Waals surface area contributed by atoms with Crippen molar-refractivity contribution in [1.82, 2.24) is 5.32 Å². The summed E-state index contributed by atoms with van der Waals surface area (Å²) in [7, 11) is 0. The number of carboxylic acids is 1. The number of aromatic hydroxyl groups is 1. The lowest BCUT2D eigenvalue weighted by Gasteiger charge is -2.05. The Morgan fingerprint density at radius 2 is 1.95 bits per heavy atom. The molecule has 0 aromatic heterocycles. The van der Waals surface area contributed by atoms with Gasteiger partial charge in [0.25, 0.3) is 6.02 Å². The number of carboxylic acid groups (broad SMARTS) is 1. The van der Waals surface area contributed by atoms with E-state index in [-0.39, 0.29) is 24.7 Å². The molecule has 0 saturated carbocycles. The van der Waals surface area contributed by atoms with Gasteiger partial charge in [0, 0.05) is 12.1 Å². The smallest absolute Gasteiger partial charge is 0.307 e. The number of aliphatic imine (C=N–C) groups is 1. The molecule has 0 unspecified atom stereocenters. The average Bonchev–Trinajstić information content (AvgIpc) is 3.16. The average molecular weight is 511 g/mol. The van der Waals surface area contributed by atoms with Crippen LogP contribution in [0.1, 0.15) is 45.6 Å². The van der Waals surface area contributed by atoms with Gasteiger partial charge < -0.3 is 20.3 Å². The molecule has 0 aliphatic heterocycles. The number of amidine groups is 1. The topological polar surface area (TPSA) is 91.2 Å². The fraction of sp³-hybridized carbons (Fsp3) is 0.267. The van der Waals surface area contributed by atoms with Crippen LogP contribution in [0.5, 0.6) is 5.75 Å². The van der Waals surface area contributed by atoms with Crippen molar-refractivity contribution in [2.75, 3.05) is 13.1 Å². The fourth-order valence-electron chi connectivity index (χ4n) is 2.61. The molecule has 1 aromatic carbocycles. The molecule has 7 heteroatoms. The van der Waals surface area contributed by atoms with Gasteiger partial charge in [-0.3, -0.25) is 4.79 Å². The molecule has 0 spiro atoms. The van der Waals surface area contributed by atoms with E-state index in [1.165, 1.54) is 18.4 Å². The minimum atomic E-state index is -0.973. The Morgan fingerprint density at radius 1 is 1.22 bits per heavy atom. The van der Waals surface area contributed by atoms with Crippen molar-refractivity contribution in [2.24, 2.45) is 4.99 Å². The molecular formula is C30H39FN2O4. The SMILES string of the molecule is C=CCC.CC.O=C(O)C/C=C/OC(=NC/C=C/C1=CC=C(c2ccccc2O)CC=C1)NC/C=C/F. The molecule has 0 heterocycles. The fourth-order valence-corrected chi connectivity index (χ4v) is 2.61. The zero-order valence-corrected chi connectivity index (χ0v) is 21.9. The van der Waals surface area contributed by atoms with Crippen LogP contribution in [-0.2, 0) is 9.53 Å². The molecule has 1 aromatic rings. The number of rotatable bonds is 10. The van der Waals surface area contributed by atoms with Crippen LogP contribution in [-0.4, -0.2) is 35.3 Å². The van der Waals surface area contributed by atoms with Crippen LogP contribution in [0.3, 0.4) is 0 Å². The number of carbonyl (C=O) groups is 1. The monoisotopic (exact) mass is 510 g/mol. The number of benzene rings is 1. The van der Waals surface area contributed by atoms with Crippen molar-refractivity contribution in [3.8, 4) is 5.75 Å². The van der Waals surface area contributed by atoms with Gasteiger partial charge in [-0.15, -0.1) is 6.58 Å². The summed E-state index contributed by atoms with van der Waals surface area (Å²) in [5.41, 5.74) is 2.80. The Balaban J connectivity index is 0.00000196. The Labute approximate surface area is 220 Å². The number of aliphatic carboxylic acids is 1. The van der Waals surface area contributed by atoms with Crippen LogP contribution in [0.25, 0.3) is 5.57 Å². The van der Waals surface area contributed by atoms with E-state index in [1.54, 1.807) is 12.1 Å². The summed E-state index contributed by atoms with van der Waals surface area (Å²) in [5.74, 6) is -0.720. The molecule has 1 aliphatic carbocycles. The van der Waals surface area contributed by atoms with Gasteiger partial charge in [-0.05, 0) is 42.2 Å². The maximum atomic E-state index is 12.1. The maximum absolute atomic E-state index is 12.1. The van der Waals surface area contributed by atoms with E-state index in [4.69, 9.17) is 9.84 Å². The molecule has 0 fully saturated rings. The standard InChI is InChI=1S/C24H25FN2O4.C4H8.C2H6/c25-15-6-17-27-24(31-18-5-12-23(29)30)26-16-4-8-19-7-3-9-20(14-13-19)21-10-1-2-11-22(21)28;1-3-4-2;1-2/h1-8,10-11,13-15,18,28H,9,12,16-17H2,(H,26,27)(H,29,30);3H,1,4H2,2H3;1-2H3/b8-4+,15-6+,18-5+;;. The maximum Gasteiger partial charge on any atom is 0.307 e. The third kappa shape index (κ3) is 16.2. The van der Waals surface area contributed by atoms with Gasteiger partial charge in [0.1, 0.15) is 5.75 Å². The van der Waals surface area contributed by atoms with Gasteiger partial charge in [-0.25, -0.2) is 9.38 Å². The van der Waals surface area contributed by atoms with E-state index >= 15 is 0 Å². The summed E-state index contributed by atoms with van der Waals surface area (Å²) in [5, 5.41) is 21.5. The first-order valence-electron chi connectivity index (χ1n) is 12.2. The highest BCUT2D eigenvalue weighted by atomic mass is 19.1. The Kier molecular flexibility index (Phi) is 19.8. The molecule has 0 radical (unpaired) electrons. The quantitative estimate of drug-likeness (QED) is 0.133. The zero-order chi connectivity index (χ0) is 27.7. The number of allylic oxidation sites excluding steroid dienone is 8. The number of para-hydroxylation sites is 1.